The van der Waals surface area contributed by atoms with Gasteiger partial charge in [0.25, 0.3) is 0 Å². The summed E-state index contributed by atoms with van der Waals surface area (Å²) in [5, 5.41) is 4.16. The Labute approximate surface area is 127 Å². The number of rotatable bonds is 6. The van der Waals surface area contributed by atoms with Crippen LogP contribution in [0.15, 0.2) is 17.1 Å². The van der Waals surface area contributed by atoms with E-state index >= 15 is 0 Å². The molecule has 0 aliphatic heterocycles. The summed E-state index contributed by atoms with van der Waals surface area (Å²) in [5.41, 5.74) is 5.63. The third-order valence-electron chi connectivity index (χ3n) is 2.12. The first-order valence-electron chi connectivity index (χ1n) is 5.85. The van der Waals surface area contributed by atoms with Crippen molar-refractivity contribution in [2.24, 2.45) is 10.7 Å². The van der Waals surface area contributed by atoms with Gasteiger partial charge >= 0.3 is 0 Å². The Kier molecular flexibility index (Phi) is 7.13. The summed E-state index contributed by atoms with van der Waals surface area (Å²) in [6.07, 6.45) is 0.953. The third-order valence-corrected chi connectivity index (χ3v) is 2.90. The third kappa shape index (κ3) is 5.76. The molecule has 3 N–H and O–H groups in total. The fraction of sp³-hybridized carbons (Fsp3) is 0.417. The van der Waals surface area contributed by atoms with Crippen LogP contribution in [0.25, 0.3) is 0 Å². The van der Waals surface area contributed by atoms with Crippen molar-refractivity contribution >= 4 is 40.8 Å². The Morgan fingerprint density at radius 1 is 1.32 bits per heavy atom. The van der Waals surface area contributed by atoms with E-state index in [2.05, 4.69) is 10.3 Å². The topological polar surface area (TPSA) is 59.6 Å². The zero-order chi connectivity index (χ0) is 14.3. The molecule has 0 saturated carbocycles. The standard InChI is InChI=1S/C12H16Cl3N3O/c1-2-3-17-12(16)18-4-5-19-11-9(14)6-8(13)7-10(11)15/h6-7H,2-5H2,1H3,(H3,16,17,18). The Morgan fingerprint density at radius 2 is 1.95 bits per heavy atom. The number of nitrogens with zero attached hydrogens (tertiary/aromatic N) is 1. The van der Waals surface area contributed by atoms with E-state index in [1.165, 1.54) is 0 Å². The molecule has 0 fully saturated rings. The number of hydrogen-bond acceptors (Lipinski definition) is 2. The van der Waals surface area contributed by atoms with Crippen LogP contribution < -0.4 is 15.8 Å². The Balaban J connectivity index is 2.42. The van der Waals surface area contributed by atoms with Crippen molar-refractivity contribution < 1.29 is 4.74 Å². The maximum Gasteiger partial charge on any atom is 0.188 e. The quantitative estimate of drug-likeness (QED) is 0.479. The molecule has 0 unspecified atom stereocenters. The largest absolute Gasteiger partial charge is 0.489 e. The predicted molar refractivity (Wildman–Crippen MR) is 81.8 cm³/mol. The van der Waals surface area contributed by atoms with E-state index in [1.807, 2.05) is 6.92 Å². The monoisotopic (exact) mass is 323 g/mol. The number of halogens is 3. The molecule has 0 aromatic heterocycles. The highest BCUT2D eigenvalue weighted by atomic mass is 35.5. The van der Waals surface area contributed by atoms with Crippen LogP contribution in [-0.2, 0) is 0 Å². The number of benzene rings is 1. The van der Waals surface area contributed by atoms with E-state index in [-0.39, 0.29) is 0 Å². The van der Waals surface area contributed by atoms with Crippen LogP contribution in [0.5, 0.6) is 5.75 Å². The van der Waals surface area contributed by atoms with Gasteiger partial charge in [0.15, 0.2) is 11.7 Å². The van der Waals surface area contributed by atoms with Crippen molar-refractivity contribution in [3.63, 3.8) is 0 Å². The molecule has 0 aliphatic carbocycles. The summed E-state index contributed by atoms with van der Waals surface area (Å²) in [7, 11) is 0. The first kappa shape index (κ1) is 16.2. The van der Waals surface area contributed by atoms with Gasteiger partial charge in [0.2, 0.25) is 0 Å². The molecule has 106 valence electrons. The molecule has 0 amide bonds. The van der Waals surface area contributed by atoms with Gasteiger partial charge in [-0.2, -0.15) is 0 Å². The lowest BCUT2D eigenvalue weighted by atomic mass is 10.3. The van der Waals surface area contributed by atoms with Crippen LogP contribution in [0.1, 0.15) is 13.3 Å². The number of nitrogens with two attached hydrogens (primary N) is 1. The van der Waals surface area contributed by atoms with Crippen molar-refractivity contribution in [3.8, 4) is 5.75 Å². The average Bonchev–Trinajstić information content (AvgIpc) is 2.34. The molecule has 4 nitrogen and oxygen atoms in total. The summed E-state index contributed by atoms with van der Waals surface area (Å²) in [4.78, 5) is 4.09. The minimum Gasteiger partial charge on any atom is -0.489 e. The normalized spacial score (nSPS) is 11.5. The molecule has 0 atom stereocenters. The minimum atomic E-state index is 0.365. The molecule has 7 heteroatoms. The van der Waals surface area contributed by atoms with Gasteiger partial charge in [0.05, 0.1) is 16.6 Å². The van der Waals surface area contributed by atoms with E-state index in [4.69, 9.17) is 45.3 Å². The number of hydrogen-bond donors (Lipinski definition) is 2. The van der Waals surface area contributed by atoms with Gasteiger partial charge in [0, 0.05) is 11.6 Å². The van der Waals surface area contributed by atoms with Gasteiger partial charge in [-0.25, -0.2) is 0 Å². The Bertz CT molecular complexity index is 429. The SMILES string of the molecule is CCCN=C(N)NCCOc1c(Cl)cc(Cl)cc1Cl. The Morgan fingerprint density at radius 3 is 2.53 bits per heavy atom. The van der Waals surface area contributed by atoms with Gasteiger partial charge < -0.3 is 15.8 Å². The number of aliphatic imine (C=N–C) groups is 1. The lowest BCUT2D eigenvalue weighted by molar-refractivity contribution is 0.322. The van der Waals surface area contributed by atoms with Crippen molar-refractivity contribution in [2.45, 2.75) is 13.3 Å². The molecule has 0 aliphatic rings. The fourth-order valence-corrected chi connectivity index (χ4v) is 2.21. The summed E-state index contributed by atoms with van der Waals surface area (Å²) >= 11 is 17.8. The molecule has 0 heterocycles. The second-order valence-electron chi connectivity index (χ2n) is 3.74. The molecule has 1 aromatic rings. The van der Waals surface area contributed by atoms with Crippen LogP contribution >= 0.6 is 34.8 Å². The first-order valence-corrected chi connectivity index (χ1v) is 6.99. The van der Waals surface area contributed by atoms with Gasteiger partial charge in [-0.3, -0.25) is 4.99 Å². The molecule has 19 heavy (non-hydrogen) atoms. The average molecular weight is 325 g/mol. The molecule has 1 aromatic carbocycles. The van der Waals surface area contributed by atoms with Crippen molar-refractivity contribution in [1.82, 2.24) is 5.32 Å². The van der Waals surface area contributed by atoms with E-state index in [9.17, 15) is 0 Å². The number of guanidine groups is 1. The molecule has 0 radical (unpaired) electrons. The lowest BCUT2D eigenvalue weighted by Crippen LogP contribution is -2.34. The summed E-state index contributed by atoms with van der Waals surface area (Å²) in [6, 6.07) is 3.16. The summed E-state index contributed by atoms with van der Waals surface area (Å²) < 4.78 is 5.48. The van der Waals surface area contributed by atoms with E-state index < -0.39 is 0 Å². The molecule has 0 saturated heterocycles. The molecular weight excluding hydrogens is 309 g/mol. The minimum absolute atomic E-state index is 0.365. The van der Waals surface area contributed by atoms with Crippen LogP contribution in [0.4, 0.5) is 0 Å². The molecule has 0 bridgehead atoms. The van der Waals surface area contributed by atoms with Crippen molar-refractivity contribution in [1.29, 1.82) is 0 Å². The first-order chi connectivity index (χ1) is 9.04. The maximum absolute atomic E-state index is 5.98. The number of nitrogens with one attached hydrogen (secondary N) is 1. The summed E-state index contributed by atoms with van der Waals surface area (Å²) in [5.74, 6) is 0.817. The zero-order valence-electron chi connectivity index (χ0n) is 10.5. The Hall–Kier alpha value is -0.840. The van der Waals surface area contributed by atoms with Crippen LogP contribution in [0.2, 0.25) is 15.1 Å². The highest BCUT2D eigenvalue weighted by molar-refractivity contribution is 6.40. The van der Waals surface area contributed by atoms with Gasteiger partial charge in [-0.1, -0.05) is 41.7 Å². The van der Waals surface area contributed by atoms with Gasteiger partial charge in [-0.05, 0) is 18.6 Å². The zero-order valence-corrected chi connectivity index (χ0v) is 12.8. The summed E-state index contributed by atoms with van der Waals surface area (Å²) in [6.45, 7) is 3.61. The van der Waals surface area contributed by atoms with Gasteiger partial charge in [0.1, 0.15) is 6.61 Å². The van der Waals surface area contributed by atoms with E-state index in [0.29, 0.717) is 46.5 Å². The lowest BCUT2D eigenvalue weighted by Gasteiger charge is -2.11. The molecule has 1 rings (SSSR count). The van der Waals surface area contributed by atoms with Crippen molar-refractivity contribution in [2.75, 3.05) is 19.7 Å². The van der Waals surface area contributed by atoms with E-state index in [0.717, 1.165) is 6.42 Å². The van der Waals surface area contributed by atoms with Gasteiger partial charge in [-0.15, -0.1) is 0 Å². The van der Waals surface area contributed by atoms with Crippen LogP contribution in [0.3, 0.4) is 0 Å². The highest BCUT2D eigenvalue weighted by Crippen LogP contribution is 2.35. The fourth-order valence-electron chi connectivity index (χ4n) is 1.29. The van der Waals surface area contributed by atoms with Crippen LogP contribution in [-0.4, -0.2) is 25.7 Å². The maximum atomic E-state index is 5.98. The predicted octanol–water partition coefficient (Wildman–Crippen LogP) is 3.34. The highest BCUT2D eigenvalue weighted by Gasteiger charge is 2.08. The van der Waals surface area contributed by atoms with E-state index in [1.54, 1.807) is 12.1 Å². The second-order valence-corrected chi connectivity index (χ2v) is 4.99. The van der Waals surface area contributed by atoms with Crippen LogP contribution in [0, 0.1) is 0 Å². The second kappa shape index (κ2) is 8.35. The molecule has 0 spiro atoms. The van der Waals surface area contributed by atoms with Crippen molar-refractivity contribution in [3.05, 3.63) is 27.2 Å². The number of ether oxygens (including phenoxy) is 1. The molecular formula is C12H16Cl3N3O. The smallest absolute Gasteiger partial charge is 0.188 e.